The highest BCUT2D eigenvalue weighted by atomic mass is 16.5. The number of carbonyl (C=O) groups is 1. The van der Waals surface area contributed by atoms with Gasteiger partial charge in [0.1, 0.15) is 0 Å². The Hall–Kier alpha value is -0.650. The van der Waals surface area contributed by atoms with Crippen molar-refractivity contribution in [2.75, 3.05) is 27.9 Å². The minimum atomic E-state index is -0.349. The summed E-state index contributed by atoms with van der Waals surface area (Å²) in [6.45, 7) is 1.83. The second kappa shape index (κ2) is 8.50. The summed E-state index contributed by atoms with van der Waals surface area (Å²) < 4.78 is 15.1. The summed E-state index contributed by atoms with van der Waals surface area (Å²) >= 11 is 0. The number of aliphatic hydroxyl groups excluding tert-OH is 1. The number of methoxy groups -OCH3 is 3. The fraction of sp³-hybridized carbons (Fsp3) is 0.909. The Morgan fingerprint density at radius 2 is 1.88 bits per heavy atom. The van der Waals surface area contributed by atoms with Gasteiger partial charge in [0.25, 0.3) is 0 Å². The van der Waals surface area contributed by atoms with Gasteiger partial charge in [-0.1, -0.05) is 0 Å². The third-order valence-corrected chi connectivity index (χ3v) is 2.73. The van der Waals surface area contributed by atoms with Crippen LogP contribution >= 0.6 is 0 Å². The molecule has 0 saturated carbocycles. The Morgan fingerprint density at radius 3 is 2.25 bits per heavy atom. The summed E-state index contributed by atoms with van der Waals surface area (Å²) in [4.78, 5) is 11.4. The monoisotopic (exact) mass is 234 g/mol. The van der Waals surface area contributed by atoms with Gasteiger partial charge in [-0.05, 0) is 19.8 Å². The van der Waals surface area contributed by atoms with Crippen LogP contribution in [0.3, 0.4) is 0 Å². The zero-order valence-electron chi connectivity index (χ0n) is 10.4. The van der Waals surface area contributed by atoms with Crippen molar-refractivity contribution in [3.8, 4) is 0 Å². The van der Waals surface area contributed by atoms with Crippen LogP contribution in [0.1, 0.15) is 19.8 Å². The van der Waals surface area contributed by atoms with Gasteiger partial charge in [-0.3, -0.25) is 4.79 Å². The molecule has 0 rings (SSSR count). The van der Waals surface area contributed by atoms with E-state index in [1.54, 1.807) is 14.2 Å². The average Bonchev–Trinajstić information content (AvgIpc) is 2.32. The van der Waals surface area contributed by atoms with Crippen LogP contribution in [0.4, 0.5) is 0 Å². The SMILES string of the molecule is COC(=O)C(CCO)CC(OC)C(C)OC. The van der Waals surface area contributed by atoms with Gasteiger partial charge in [0.15, 0.2) is 0 Å². The van der Waals surface area contributed by atoms with E-state index in [0.29, 0.717) is 12.8 Å². The zero-order valence-corrected chi connectivity index (χ0v) is 10.4. The molecule has 0 aromatic rings. The number of rotatable bonds is 8. The van der Waals surface area contributed by atoms with Crippen molar-refractivity contribution in [2.45, 2.75) is 32.0 Å². The van der Waals surface area contributed by atoms with Crippen LogP contribution < -0.4 is 0 Å². The second-order valence-corrected chi connectivity index (χ2v) is 3.68. The minimum absolute atomic E-state index is 0.0441. The predicted molar refractivity (Wildman–Crippen MR) is 59.1 cm³/mol. The molecule has 0 aromatic heterocycles. The maximum absolute atomic E-state index is 11.4. The molecule has 0 bridgehead atoms. The molecule has 3 atom stereocenters. The molecule has 0 aliphatic carbocycles. The number of carbonyl (C=O) groups excluding carboxylic acids is 1. The van der Waals surface area contributed by atoms with Gasteiger partial charge >= 0.3 is 5.97 Å². The van der Waals surface area contributed by atoms with E-state index in [0.717, 1.165) is 0 Å². The lowest BCUT2D eigenvalue weighted by molar-refractivity contribution is -0.148. The Labute approximate surface area is 96.7 Å². The fourth-order valence-electron chi connectivity index (χ4n) is 1.57. The van der Waals surface area contributed by atoms with Crippen molar-refractivity contribution in [3.05, 3.63) is 0 Å². The van der Waals surface area contributed by atoms with Gasteiger partial charge in [0.2, 0.25) is 0 Å². The highest BCUT2D eigenvalue weighted by Gasteiger charge is 2.26. The Kier molecular flexibility index (Phi) is 8.15. The fourth-order valence-corrected chi connectivity index (χ4v) is 1.57. The molecule has 0 aromatic carbocycles. The van der Waals surface area contributed by atoms with E-state index in [9.17, 15) is 4.79 Å². The smallest absolute Gasteiger partial charge is 0.308 e. The summed E-state index contributed by atoms with van der Waals surface area (Å²) in [5.41, 5.74) is 0. The van der Waals surface area contributed by atoms with Crippen molar-refractivity contribution < 1.29 is 24.1 Å². The summed E-state index contributed by atoms with van der Waals surface area (Å²) in [5.74, 6) is -0.669. The zero-order chi connectivity index (χ0) is 12.6. The maximum Gasteiger partial charge on any atom is 0.308 e. The normalized spacial score (nSPS) is 16.6. The van der Waals surface area contributed by atoms with E-state index < -0.39 is 0 Å². The summed E-state index contributed by atoms with van der Waals surface area (Å²) in [5, 5.41) is 8.88. The Bertz CT molecular complexity index is 195. The molecule has 0 heterocycles. The van der Waals surface area contributed by atoms with E-state index in [1.807, 2.05) is 6.92 Å². The van der Waals surface area contributed by atoms with Gasteiger partial charge in [-0.2, -0.15) is 0 Å². The first-order chi connectivity index (χ1) is 7.60. The standard InChI is InChI=1S/C11H22O5/c1-8(14-2)10(15-3)7-9(5-6-12)11(13)16-4/h8-10,12H,5-7H2,1-4H3. The quantitative estimate of drug-likeness (QED) is 0.623. The largest absolute Gasteiger partial charge is 0.469 e. The van der Waals surface area contributed by atoms with E-state index in [4.69, 9.17) is 14.6 Å². The van der Waals surface area contributed by atoms with Crippen LogP contribution in [0.25, 0.3) is 0 Å². The van der Waals surface area contributed by atoms with Crippen molar-refractivity contribution >= 4 is 5.97 Å². The highest BCUT2D eigenvalue weighted by molar-refractivity contribution is 5.72. The topological polar surface area (TPSA) is 65.0 Å². The molecule has 16 heavy (non-hydrogen) atoms. The number of aliphatic hydroxyl groups is 1. The van der Waals surface area contributed by atoms with Gasteiger partial charge in [0.05, 0.1) is 25.2 Å². The molecule has 0 saturated heterocycles. The minimum Gasteiger partial charge on any atom is -0.469 e. The lowest BCUT2D eigenvalue weighted by atomic mass is 9.96. The molecule has 5 nitrogen and oxygen atoms in total. The van der Waals surface area contributed by atoms with Crippen molar-refractivity contribution in [1.29, 1.82) is 0 Å². The van der Waals surface area contributed by atoms with Crippen LogP contribution in [0.2, 0.25) is 0 Å². The average molecular weight is 234 g/mol. The van der Waals surface area contributed by atoms with Crippen molar-refractivity contribution in [2.24, 2.45) is 5.92 Å². The molecule has 0 radical (unpaired) electrons. The van der Waals surface area contributed by atoms with Gasteiger partial charge in [-0.15, -0.1) is 0 Å². The van der Waals surface area contributed by atoms with Crippen LogP contribution in [0.5, 0.6) is 0 Å². The number of ether oxygens (including phenoxy) is 3. The first-order valence-corrected chi connectivity index (χ1v) is 5.34. The van der Waals surface area contributed by atoms with Gasteiger partial charge in [0, 0.05) is 20.8 Å². The molecular formula is C11H22O5. The van der Waals surface area contributed by atoms with E-state index >= 15 is 0 Å². The van der Waals surface area contributed by atoms with E-state index in [1.165, 1.54) is 7.11 Å². The highest BCUT2D eigenvalue weighted by Crippen LogP contribution is 2.18. The van der Waals surface area contributed by atoms with Crippen molar-refractivity contribution in [3.63, 3.8) is 0 Å². The predicted octanol–water partition coefficient (Wildman–Crippen LogP) is 0.598. The molecule has 0 fully saturated rings. The van der Waals surface area contributed by atoms with E-state index in [-0.39, 0.29) is 30.7 Å². The number of esters is 1. The first kappa shape index (κ1) is 15.3. The molecule has 96 valence electrons. The lowest BCUT2D eigenvalue weighted by Crippen LogP contribution is -2.32. The third kappa shape index (κ3) is 4.92. The van der Waals surface area contributed by atoms with Gasteiger partial charge < -0.3 is 19.3 Å². The maximum atomic E-state index is 11.4. The number of hydrogen-bond donors (Lipinski definition) is 1. The third-order valence-electron chi connectivity index (χ3n) is 2.73. The molecule has 0 aliphatic rings. The number of hydrogen-bond acceptors (Lipinski definition) is 5. The first-order valence-electron chi connectivity index (χ1n) is 5.34. The molecular weight excluding hydrogens is 212 g/mol. The van der Waals surface area contributed by atoms with Crippen molar-refractivity contribution in [1.82, 2.24) is 0 Å². The van der Waals surface area contributed by atoms with Crippen LogP contribution in [0, 0.1) is 5.92 Å². The molecule has 5 heteroatoms. The Morgan fingerprint density at radius 1 is 1.25 bits per heavy atom. The van der Waals surface area contributed by atoms with Crippen LogP contribution in [-0.4, -0.2) is 51.2 Å². The summed E-state index contributed by atoms with van der Waals surface area (Å²) in [6, 6.07) is 0. The molecule has 1 N–H and O–H groups in total. The second-order valence-electron chi connectivity index (χ2n) is 3.68. The summed E-state index contributed by atoms with van der Waals surface area (Å²) in [6.07, 6.45) is 0.582. The molecule has 0 spiro atoms. The molecule has 0 amide bonds. The lowest BCUT2D eigenvalue weighted by Gasteiger charge is -2.24. The van der Waals surface area contributed by atoms with Crippen LogP contribution in [0.15, 0.2) is 0 Å². The van der Waals surface area contributed by atoms with E-state index in [2.05, 4.69) is 4.74 Å². The molecule has 3 unspecified atom stereocenters. The van der Waals surface area contributed by atoms with Crippen LogP contribution in [-0.2, 0) is 19.0 Å². The summed E-state index contributed by atoms with van der Waals surface area (Å²) in [7, 11) is 4.51. The molecule has 0 aliphatic heterocycles. The Balaban J connectivity index is 4.39. The van der Waals surface area contributed by atoms with Gasteiger partial charge in [-0.25, -0.2) is 0 Å².